The van der Waals surface area contributed by atoms with Crippen molar-refractivity contribution in [1.82, 2.24) is 0 Å². The lowest BCUT2D eigenvalue weighted by atomic mass is 9.88. The molecule has 0 bridgehead atoms. The van der Waals surface area contributed by atoms with Gasteiger partial charge in [0.15, 0.2) is 6.29 Å². The van der Waals surface area contributed by atoms with E-state index >= 15 is 0 Å². The number of hydrogen-bond acceptors (Lipinski definition) is 11. The Hall–Kier alpha value is -2.51. The summed E-state index contributed by atoms with van der Waals surface area (Å²) in [6.07, 6.45) is -4.61. The zero-order chi connectivity index (χ0) is 23.7. The van der Waals surface area contributed by atoms with Crippen molar-refractivity contribution in [2.75, 3.05) is 13.2 Å². The van der Waals surface area contributed by atoms with E-state index in [1.54, 1.807) is 12.2 Å². The third kappa shape index (κ3) is 4.62. The summed E-state index contributed by atoms with van der Waals surface area (Å²) in [5, 5.41) is 58.8. The highest BCUT2D eigenvalue weighted by Gasteiger charge is 2.50. The number of aliphatic hydroxyl groups excluding tert-OH is 5. The summed E-state index contributed by atoms with van der Waals surface area (Å²) in [5.74, 6) is -1.68. The van der Waals surface area contributed by atoms with E-state index in [0.29, 0.717) is 5.57 Å². The third-order valence-corrected chi connectivity index (χ3v) is 6.05. The highest BCUT2D eigenvalue weighted by molar-refractivity contribution is 5.89. The van der Waals surface area contributed by atoms with E-state index in [1.165, 1.54) is 30.5 Å². The molecule has 11 heteroatoms. The highest BCUT2D eigenvalue weighted by atomic mass is 16.8. The third-order valence-electron chi connectivity index (χ3n) is 6.05. The summed E-state index contributed by atoms with van der Waals surface area (Å²) in [5.41, 5.74) is 0.711. The molecule has 2 aliphatic heterocycles. The van der Waals surface area contributed by atoms with Gasteiger partial charge in [-0.1, -0.05) is 0 Å². The van der Waals surface area contributed by atoms with Crippen LogP contribution in [0.1, 0.15) is 10.4 Å². The Bertz CT molecular complexity index is 896. The summed E-state index contributed by atoms with van der Waals surface area (Å²) in [6, 6.07) is 5.57. The van der Waals surface area contributed by atoms with Gasteiger partial charge >= 0.3 is 5.97 Å². The van der Waals surface area contributed by atoms with Crippen LogP contribution >= 0.6 is 0 Å². The first-order chi connectivity index (χ1) is 15.8. The molecule has 0 unspecified atom stereocenters. The molecule has 33 heavy (non-hydrogen) atoms. The summed E-state index contributed by atoms with van der Waals surface area (Å²) in [4.78, 5) is 12.5. The van der Waals surface area contributed by atoms with Crippen LogP contribution in [0.25, 0.3) is 0 Å². The lowest BCUT2D eigenvalue weighted by Gasteiger charge is -2.42. The zero-order valence-electron chi connectivity index (χ0n) is 17.4. The molecule has 0 amide bonds. The quantitative estimate of drug-likeness (QED) is 0.219. The van der Waals surface area contributed by atoms with Crippen LogP contribution in [0.3, 0.4) is 0 Å². The minimum Gasteiger partial charge on any atom is -0.508 e. The maximum Gasteiger partial charge on any atom is 0.338 e. The zero-order valence-corrected chi connectivity index (χ0v) is 17.4. The smallest absolute Gasteiger partial charge is 0.338 e. The van der Waals surface area contributed by atoms with Crippen molar-refractivity contribution < 1.29 is 54.4 Å². The molecule has 1 aliphatic carbocycles. The molecule has 0 saturated carbocycles. The molecule has 2 heterocycles. The van der Waals surface area contributed by atoms with Crippen LogP contribution in [0.2, 0.25) is 0 Å². The van der Waals surface area contributed by atoms with Crippen molar-refractivity contribution in [3.8, 4) is 5.75 Å². The number of ether oxygens (including phenoxy) is 4. The van der Waals surface area contributed by atoms with Gasteiger partial charge < -0.3 is 49.6 Å². The van der Waals surface area contributed by atoms with E-state index in [-0.39, 0.29) is 17.9 Å². The second kappa shape index (κ2) is 9.77. The minimum absolute atomic E-state index is 0.00971. The molecule has 1 saturated heterocycles. The van der Waals surface area contributed by atoms with Gasteiger partial charge in [-0.2, -0.15) is 0 Å². The second-order valence-corrected chi connectivity index (χ2v) is 8.09. The van der Waals surface area contributed by atoms with Gasteiger partial charge in [-0.15, -0.1) is 0 Å². The Balaban J connectivity index is 1.49. The predicted molar refractivity (Wildman–Crippen MR) is 108 cm³/mol. The standard InChI is InChI=1S/C22H26O11/c23-8-11-7-14(31-20(29)10-1-3-12(25)4-2-10)13-5-6-30-21(16(11)13)33-22-19(28)18(27)17(26)15(9-24)32-22/h1-7,13-19,21-28H,8-9H2/t13-,14-,15+,16+,17+,18-,19+,21-,22+/m0/s1. The van der Waals surface area contributed by atoms with Gasteiger partial charge in [0, 0.05) is 5.92 Å². The summed E-state index contributed by atoms with van der Waals surface area (Å²) in [7, 11) is 0. The molecule has 180 valence electrons. The Morgan fingerprint density at radius 3 is 2.39 bits per heavy atom. The fourth-order valence-electron chi connectivity index (χ4n) is 4.26. The molecular weight excluding hydrogens is 440 g/mol. The van der Waals surface area contributed by atoms with E-state index in [4.69, 9.17) is 18.9 Å². The number of carbonyl (C=O) groups excluding carboxylic acids is 1. The summed E-state index contributed by atoms with van der Waals surface area (Å²) in [6.45, 7) is -0.987. The molecule has 11 nitrogen and oxygen atoms in total. The molecule has 1 aromatic carbocycles. The number of aromatic hydroxyl groups is 1. The molecule has 1 aromatic rings. The van der Waals surface area contributed by atoms with Crippen LogP contribution < -0.4 is 0 Å². The number of rotatable bonds is 6. The first kappa shape index (κ1) is 23.6. The number of phenolic OH excluding ortho intramolecular Hbond substituents is 1. The van der Waals surface area contributed by atoms with E-state index < -0.39 is 67.5 Å². The average molecular weight is 466 g/mol. The molecule has 9 atom stereocenters. The fourth-order valence-corrected chi connectivity index (χ4v) is 4.26. The van der Waals surface area contributed by atoms with Crippen molar-refractivity contribution in [3.05, 3.63) is 53.8 Å². The van der Waals surface area contributed by atoms with E-state index in [2.05, 4.69) is 0 Å². The Kier molecular flexibility index (Phi) is 7.00. The normalized spacial score (nSPS) is 37.7. The predicted octanol–water partition coefficient (Wildman–Crippen LogP) is -1.23. The van der Waals surface area contributed by atoms with Gasteiger partial charge in [-0.25, -0.2) is 4.79 Å². The van der Waals surface area contributed by atoms with Gasteiger partial charge in [-0.3, -0.25) is 0 Å². The van der Waals surface area contributed by atoms with Crippen LogP contribution in [0, 0.1) is 11.8 Å². The van der Waals surface area contributed by atoms with Crippen LogP contribution in [0.5, 0.6) is 5.75 Å². The lowest BCUT2D eigenvalue weighted by molar-refractivity contribution is -0.339. The highest BCUT2D eigenvalue weighted by Crippen LogP contribution is 2.42. The average Bonchev–Trinajstić information content (AvgIpc) is 3.18. The number of phenols is 1. The van der Waals surface area contributed by atoms with Gasteiger partial charge in [0.2, 0.25) is 6.29 Å². The summed E-state index contributed by atoms with van der Waals surface area (Å²) < 4.78 is 22.3. The number of benzene rings is 1. The number of fused-ring (bicyclic) bond motifs is 1. The van der Waals surface area contributed by atoms with E-state index in [9.17, 15) is 35.4 Å². The molecule has 6 N–H and O–H groups in total. The van der Waals surface area contributed by atoms with E-state index in [0.717, 1.165) is 0 Å². The fraction of sp³-hybridized carbons (Fsp3) is 0.500. The number of aliphatic hydroxyl groups is 5. The van der Waals surface area contributed by atoms with Crippen molar-refractivity contribution in [2.24, 2.45) is 11.8 Å². The molecule has 0 radical (unpaired) electrons. The van der Waals surface area contributed by atoms with Gasteiger partial charge in [-0.05, 0) is 42.0 Å². The molecule has 1 fully saturated rings. The molecule has 4 rings (SSSR count). The summed E-state index contributed by atoms with van der Waals surface area (Å²) >= 11 is 0. The molecule has 0 spiro atoms. The van der Waals surface area contributed by atoms with Crippen LogP contribution in [0.4, 0.5) is 0 Å². The molecular formula is C22H26O11. The largest absolute Gasteiger partial charge is 0.508 e. The van der Waals surface area contributed by atoms with Gasteiger partial charge in [0.1, 0.15) is 36.3 Å². The first-order valence-electron chi connectivity index (χ1n) is 10.4. The maximum atomic E-state index is 12.5. The second-order valence-electron chi connectivity index (χ2n) is 8.09. The van der Waals surface area contributed by atoms with Crippen LogP contribution in [0.15, 0.2) is 48.3 Å². The lowest BCUT2D eigenvalue weighted by Crippen LogP contribution is -2.60. The Morgan fingerprint density at radius 1 is 1.00 bits per heavy atom. The Morgan fingerprint density at radius 2 is 1.73 bits per heavy atom. The maximum absolute atomic E-state index is 12.5. The van der Waals surface area contributed by atoms with Crippen LogP contribution in [-0.2, 0) is 18.9 Å². The number of esters is 1. The minimum atomic E-state index is -1.62. The Labute approximate surface area is 188 Å². The monoisotopic (exact) mass is 466 g/mol. The topological polar surface area (TPSA) is 175 Å². The van der Waals surface area contributed by atoms with Crippen molar-refractivity contribution in [3.63, 3.8) is 0 Å². The van der Waals surface area contributed by atoms with Gasteiger partial charge in [0.25, 0.3) is 0 Å². The van der Waals surface area contributed by atoms with Gasteiger partial charge in [0.05, 0.1) is 31.0 Å². The first-order valence-corrected chi connectivity index (χ1v) is 10.4. The van der Waals surface area contributed by atoms with Crippen LogP contribution in [-0.4, -0.2) is 92.9 Å². The van der Waals surface area contributed by atoms with Crippen molar-refractivity contribution >= 4 is 5.97 Å². The molecule has 0 aromatic heterocycles. The number of carbonyl (C=O) groups is 1. The number of hydrogen-bond donors (Lipinski definition) is 6. The molecule has 3 aliphatic rings. The van der Waals surface area contributed by atoms with Crippen molar-refractivity contribution in [2.45, 2.75) is 43.1 Å². The SMILES string of the molecule is O=C(O[C@H]1C=C(CO)[C@H]2[C@H](O[C@H]3O[C@H](CO)[C@@H](O)[C@H](O)[C@H]3O)OC=C[C@H]21)c1ccc(O)cc1. The van der Waals surface area contributed by atoms with Crippen molar-refractivity contribution in [1.29, 1.82) is 0 Å². The van der Waals surface area contributed by atoms with E-state index in [1.807, 2.05) is 0 Å².